The molecule has 2 atom stereocenters. The second kappa shape index (κ2) is 6.41. The molecule has 0 amide bonds. The van der Waals surface area contributed by atoms with E-state index in [1.807, 2.05) is 7.05 Å². The maximum absolute atomic E-state index is 13.9. The summed E-state index contributed by atoms with van der Waals surface area (Å²) in [5, 5.41) is 3.17. The van der Waals surface area contributed by atoms with Crippen molar-refractivity contribution in [3.63, 3.8) is 0 Å². The molecule has 0 saturated carbocycles. The molecule has 0 aromatic carbocycles. The van der Waals surface area contributed by atoms with Gasteiger partial charge in [0.25, 0.3) is 0 Å². The van der Waals surface area contributed by atoms with Gasteiger partial charge in [0.05, 0.1) is 24.9 Å². The van der Waals surface area contributed by atoms with Gasteiger partial charge in [-0.05, 0) is 27.0 Å². The lowest BCUT2D eigenvalue weighted by Crippen LogP contribution is -2.50. The third kappa shape index (κ3) is 3.29. The van der Waals surface area contributed by atoms with Crippen LogP contribution >= 0.6 is 0 Å². The molecule has 1 aliphatic heterocycles. The first-order valence-corrected chi connectivity index (χ1v) is 6.75. The van der Waals surface area contributed by atoms with Crippen molar-refractivity contribution in [3.8, 4) is 0 Å². The van der Waals surface area contributed by atoms with Crippen LogP contribution in [0.15, 0.2) is 18.5 Å². The lowest BCUT2D eigenvalue weighted by molar-refractivity contribution is -0.0555. The number of ether oxygens (including phenoxy) is 1. The summed E-state index contributed by atoms with van der Waals surface area (Å²) in [6, 6.07) is 2.05. The Bertz CT molecular complexity index is 413. The van der Waals surface area contributed by atoms with Gasteiger partial charge in [-0.2, -0.15) is 0 Å². The molecule has 2 rings (SSSR count). The predicted octanol–water partition coefficient (Wildman–Crippen LogP) is 1.59. The zero-order valence-corrected chi connectivity index (χ0v) is 11.8. The molecule has 106 valence electrons. The van der Waals surface area contributed by atoms with Crippen LogP contribution in [0.25, 0.3) is 0 Å². The molecule has 1 fully saturated rings. The lowest BCUT2D eigenvalue weighted by atomic mass is 10.0. The van der Waals surface area contributed by atoms with E-state index in [1.54, 1.807) is 12.3 Å². The Morgan fingerprint density at radius 3 is 2.95 bits per heavy atom. The summed E-state index contributed by atoms with van der Waals surface area (Å²) in [6.45, 7) is 6.77. The Hall–Kier alpha value is -1.04. The van der Waals surface area contributed by atoms with E-state index in [-0.39, 0.29) is 18.0 Å². The molecule has 2 unspecified atom stereocenters. The minimum Gasteiger partial charge on any atom is -0.374 e. The molecular weight excluding hydrogens is 245 g/mol. The number of rotatable bonds is 4. The molecule has 4 nitrogen and oxygen atoms in total. The van der Waals surface area contributed by atoms with Crippen LogP contribution in [0.4, 0.5) is 4.39 Å². The van der Waals surface area contributed by atoms with Crippen LogP contribution in [0, 0.1) is 5.82 Å². The van der Waals surface area contributed by atoms with Crippen LogP contribution in [-0.4, -0.2) is 48.8 Å². The zero-order chi connectivity index (χ0) is 13.8. The van der Waals surface area contributed by atoms with Gasteiger partial charge < -0.3 is 10.1 Å². The summed E-state index contributed by atoms with van der Waals surface area (Å²) < 4.78 is 19.7. The van der Waals surface area contributed by atoms with Crippen LogP contribution in [0.2, 0.25) is 0 Å². The van der Waals surface area contributed by atoms with E-state index in [9.17, 15) is 4.39 Å². The maximum Gasteiger partial charge on any atom is 0.146 e. The molecule has 19 heavy (non-hydrogen) atoms. The molecular formula is C14H22FN3O. The highest BCUT2D eigenvalue weighted by Gasteiger charge is 2.30. The lowest BCUT2D eigenvalue weighted by Gasteiger charge is -2.39. The number of aromatic nitrogens is 1. The summed E-state index contributed by atoms with van der Waals surface area (Å²) in [5.74, 6) is -0.285. The molecule has 1 aliphatic rings. The van der Waals surface area contributed by atoms with Gasteiger partial charge in [-0.1, -0.05) is 0 Å². The number of pyridine rings is 1. The average Bonchev–Trinajstić information content (AvgIpc) is 2.42. The van der Waals surface area contributed by atoms with Crippen LogP contribution in [0.3, 0.4) is 0 Å². The van der Waals surface area contributed by atoms with Gasteiger partial charge in [0, 0.05) is 30.9 Å². The molecule has 0 radical (unpaired) electrons. The molecule has 0 spiro atoms. The highest BCUT2D eigenvalue weighted by Crippen LogP contribution is 2.24. The Labute approximate surface area is 114 Å². The van der Waals surface area contributed by atoms with E-state index >= 15 is 0 Å². The predicted molar refractivity (Wildman–Crippen MR) is 72.4 cm³/mol. The van der Waals surface area contributed by atoms with Gasteiger partial charge in [0.2, 0.25) is 0 Å². The standard InChI is InChI=1S/C14H22FN3O/c1-10(2)18-6-7-19-13(9-18)14(16-3)11-4-5-17-8-12(11)15/h4-5,8,10,13-14,16H,6-7,9H2,1-3H3. The smallest absolute Gasteiger partial charge is 0.146 e. The van der Waals surface area contributed by atoms with E-state index < -0.39 is 0 Å². The minimum absolute atomic E-state index is 0.0435. The van der Waals surface area contributed by atoms with Gasteiger partial charge in [0.15, 0.2) is 0 Å². The van der Waals surface area contributed by atoms with Crippen LogP contribution in [-0.2, 0) is 4.74 Å². The van der Waals surface area contributed by atoms with Crippen LogP contribution < -0.4 is 5.32 Å². The van der Waals surface area contributed by atoms with E-state index in [2.05, 4.69) is 29.0 Å². The Kier molecular flexibility index (Phi) is 4.85. The highest BCUT2D eigenvalue weighted by atomic mass is 19.1. The number of halogens is 1. The number of nitrogens with zero attached hydrogens (tertiary/aromatic N) is 2. The molecule has 0 aliphatic carbocycles. The first-order chi connectivity index (χ1) is 9.13. The number of likely N-dealkylation sites (N-methyl/N-ethyl adjacent to an activating group) is 1. The molecule has 1 saturated heterocycles. The van der Waals surface area contributed by atoms with Crippen LogP contribution in [0.5, 0.6) is 0 Å². The molecule has 1 N–H and O–H groups in total. The van der Waals surface area contributed by atoms with Crippen molar-refractivity contribution in [1.29, 1.82) is 0 Å². The monoisotopic (exact) mass is 267 g/mol. The molecule has 1 aromatic heterocycles. The van der Waals surface area contributed by atoms with Crippen molar-refractivity contribution < 1.29 is 9.13 Å². The normalized spacial score (nSPS) is 22.7. The van der Waals surface area contributed by atoms with E-state index in [4.69, 9.17) is 4.74 Å². The number of nitrogens with one attached hydrogen (secondary N) is 1. The van der Waals surface area contributed by atoms with Crippen molar-refractivity contribution in [1.82, 2.24) is 15.2 Å². The van der Waals surface area contributed by atoms with Gasteiger partial charge in [0.1, 0.15) is 5.82 Å². The Morgan fingerprint density at radius 2 is 2.32 bits per heavy atom. The van der Waals surface area contributed by atoms with Gasteiger partial charge in [-0.15, -0.1) is 0 Å². The third-order valence-corrected chi connectivity index (χ3v) is 3.68. The summed E-state index contributed by atoms with van der Waals surface area (Å²) in [6.07, 6.45) is 2.83. The van der Waals surface area contributed by atoms with Crippen molar-refractivity contribution in [2.24, 2.45) is 0 Å². The van der Waals surface area contributed by atoms with E-state index in [0.29, 0.717) is 18.2 Å². The zero-order valence-electron chi connectivity index (χ0n) is 11.8. The SMILES string of the molecule is CNC(c1ccncc1F)C1CN(C(C)C)CCO1. The van der Waals surface area contributed by atoms with E-state index in [0.717, 1.165) is 13.1 Å². The Morgan fingerprint density at radius 1 is 1.53 bits per heavy atom. The summed E-state index contributed by atoms with van der Waals surface area (Å²) in [7, 11) is 1.84. The molecule has 0 bridgehead atoms. The number of hydrogen-bond donors (Lipinski definition) is 1. The second-order valence-corrected chi connectivity index (χ2v) is 5.16. The Balaban J connectivity index is 2.16. The third-order valence-electron chi connectivity index (χ3n) is 3.68. The second-order valence-electron chi connectivity index (χ2n) is 5.16. The van der Waals surface area contributed by atoms with Crippen molar-refractivity contribution in [2.75, 3.05) is 26.7 Å². The highest BCUT2D eigenvalue weighted by molar-refractivity contribution is 5.19. The van der Waals surface area contributed by atoms with E-state index in [1.165, 1.54) is 6.20 Å². The van der Waals surface area contributed by atoms with Crippen molar-refractivity contribution >= 4 is 0 Å². The average molecular weight is 267 g/mol. The van der Waals surface area contributed by atoms with Gasteiger partial charge in [-0.3, -0.25) is 9.88 Å². The largest absolute Gasteiger partial charge is 0.374 e. The fourth-order valence-electron chi connectivity index (χ4n) is 2.55. The number of morpholine rings is 1. The summed E-state index contributed by atoms with van der Waals surface area (Å²) in [4.78, 5) is 6.15. The minimum atomic E-state index is -0.285. The number of hydrogen-bond acceptors (Lipinski definition) is 4. The van der Waals surface area contributed by atoms with Crippen molar-refractivity contribution in [3.05, 3.63) is 29.8 Å². The molecule has 5 heteroatoms. The molecule has 1 aromatic rings. The molecule has 2 heterocycles. The fraction of sp³-hybridized carbons (Fsp3) is 0.643. The fourth-order valence-corrected chi connectivity index (χ4v) is 2.55. The van der Waals surface area contributed by atoms with Gasteiger partial charge >= 0.3 is 0 Å². The van der Waals surface area contributed by atoms with Crippen LogP contribution in [0.1, 0.15) is 25.5 Å². The quantitative estimate of drug-likeness (QED) is 0.899. The van der Waals surface area contributed by atoms with Gasteiger partial charge in [-0.25, -0.2) is 4.39 Å². The first kappa shape index (κ1) is 14.4. The van der Waals surface area contributed by atoms with Crippen molar-refractivity contribution in [2.45, 2.75) is 32.0 Å². The maximum atomic E-state index is 13.9. The summed E-state index contributed by atoms with van der Waals surface area (Å²) in [5.41, 5.74) is 0.619. The topological polar surface area (TPSA) is 37.4 Å². The summed E-state index contributed by atoms with van der Waals surface area (Å²) >= 11 is 0. The first-order valence-electron chi connectivity index (χ1n) is 6.75.